The summed E-state index contributed by atoms with van der Waals surface area (Å²) < 4.78 is 19.3. The van der Waals surface area contributed by atoms with E-state index in [1.165, 1.54) is 11.6 Å². The number of hydrogen-bond donors (Lipinski definition) is 0. The zero-order chi connectivity index (χ0) is 13.4. The molecule has 0 radical (unpaired) electrons. The summed E-state index contributed by atoms with van der Waals surface area (Å²) in [4.78, 5) is 0.0512. The molecule has 1 unspecified atom stereocenters. The molecule has 1 nitrogen and oxygen atoms in total. The maximum absolute atomic E-state index is 13.3. The van der Waals surface area contributed by atoms with Crippen LogP contribution in [0.1, 0.15) is 21.5 Å². The van der Waals surface area contributed by atoms with E-state index in [0.717, 1.165) is 29.9 Å². The normalized spacial score (nSPS) is 14.9. The first-order valence-electron chi connectivity index (χ1n) is 6.00. The average molecular weight is 386 g/mol. The smallest absolute Gasteiger partial charge is 0.137 e. The van der Waals surface area contributed by atoms with Crippen molar-refractivity contribution < 1.29 is 9.13 Å². The zero-order valence-corrected chi connectivity index (χ0v) is 13.2. The Labute approximate surface area is 128 Å². The van der Waals surface area contributed by atoms with E-state index in [2.05, 4.69) is 37.9 Å². The highest BCUT2D eigenvalue weighted by Crippen LogP contribution is 2.36. The van der Waals surface area contributed by atoms with E-state index in [1.54, 1.807) is 12.1 Å². The van der Waals surface area contributed by atoms with E-state index in [-0.39, 0.29) is 10.6 Å². The molecule has 1 aliphatic heterocycles. The van der Waals surface area contributed by atoms with Crippen molar-refractivity contribution >= 4 is 31.9 Å². The molecule has 0 aromatic heterocycles. The molecule has 3 rings (SSSR count). The van der Waals surface area contributed by atoms with Crippen LogP contribution in [0.5, 0.6) is 5.75 Å². The minimum absolute atomic E-state index is 0.0512. The lowest BCUT2D eigenvalue weighted by Gasteiger charge is -2.12. The summed E-state index contributed by atoms with van der Waals surface area (Å²) in [5.41, 5.74) is 3.41. The maximum atomic E-state index is 13.3. The van der Waals surface area contributed by atoms with Gasteiger partial charge in [0, 0.05) is 6.42 Å². The Hall–Kier alpha value is -0.870. The summed E-state index contributed by atoms with van der Waals surface area (Å²) in [6.07, 6.45) is 0.954. The van der Waals surface area contributed by atoms with Crippen molar-refractivity contribution in [3.8, 4) is 5.75 Å². The Kier molecular flexibility index (Phi) is 3.63. The molecule has 0 amide bonds. The molecule has 19 heavy (non-hydrogen) atoms. The molecular formula is C15H11Br2FO. The number of benzene rings is 2. The third kappa shape index (κ3) is 2.56. The largest absolute Gasteiger partial charge is 0.493 e. The van der Waals surface area contributed by atoms with Gasteiger partial charge in [-0.3, -0.25) is 0 Å². The van der Waals surface area contributed by atoms with E-state index in [1.807, 2.05) is 12.1 Å². The van der Waals surface area contributed by atoms with Gasteiger partial charge >= 0.3 is 0 Å². The summed E-state index contributed by atoms with van der Waals surface area (Å²) >= 11 is 6.90. The highest BCUT2D eigenvalue weighted by Gasteiger charge is 2.17. The molecule has 4 heteroatoms. The highest BCUT2D eigenvalue weighted by molar-refractivity contribution is 9.10. The highest BCUT2D eigenvalue weighted by atomic mass is 79.9. The standard InChI is InChI=1S/C15H11Br2FO/c16-12-8-11(1-3-13(12)18)15(17)10-2-4-14-9(7-10)5-6-19-14/h1-4,7-8,15H,5-6H2. The molecular weight excluding hydrogens is 375 g/mol. The van der Waals surface area contributed by atoms with E-state index >= 15 is 0 Å². The van der Waals surface area contributed by atoms with Crippen LogP contribution in [0.3, 0.4) is 0 Å². The number of halogens is 3. The summed E-state index contributed by atoms with van der Waals surface area (Å²) in [5.74, 6) is 0.731. The third-order valence-corrected chi connectivity index (χ3v) is 4.91. The molecule has 0 spiro atoms. The van der Waals surface area contributed by atoms with Gasteiger partial charge in [-0.1, -0.05) is 34.1 Å². The van der Waals surface area contributed by atoms with Crippen LogP contribution in [0.25, 0.3) is 0 Å². The van der Waals surface area contributed by atoms with Crippen molar-refractivity contribution in [2.24, 2.45) is 0 Å². The molecule has 0 bridgehead atoms. The van der Waals surface area contributed by atoms with Crippen molar-refractivity contribution in [3.63, 3.8) is 0 Å². The molecule has 1 atom stereocenters. The summed E-state index contributed by atoms with van der Waals surface area (Å²) in [7, 11) is 0. The van der Waals surface area contributed by atoms with Gasteiger partial charge in [0.05, 0.1) is 15.9 Å². The van der Waals surface area contributed by atoms with Gasteiger partial charge in [0.2, 0.25) is 0 Å². The fraction of sp³-hybridized carbons (Fsp3) is 0.200. The van der Waals surface area contributed by atoms with Crippen LogP contribution in [-0.2, 0) is 6.42 Å². The SMILES string of the molecule is Fc1ccc(C(Br)c2ccc3c(c2)CCO3)cc1Br. The summed E-state index contributed by atoms with van der Waals surface area (Å²) in [5, 5.41) is 0. The topological polar surface area (TPSA) is 9.23 Å². The van der Waals surface area contributed by atoms with Gasteiger partial charge in [-0.05, 0) is 50.8 Å². The Morgan fingerprint density at radius 3 is 2.63 bits per heavy atom. The first-order chi connectivity index (χ1) is 9.15. The molecule has 0 aliphatic carbocycles. The minimum atomic E-state index is -0.245. The number of alkyl halides is 1. The Morgan fingerprint density at radius 2 is 1.84 bits per heavy atom. The molecule has 0 saturated carbocycles. The van der Waals surface area contributed by atoms with Gasteiger partial charge in [-0.15, -0.1) is 0 Å². The fourth-order valence-electron chi connectivity index (χ4n) is 2.23. The van der Waals surface area contributed by atoms with Crippen LogP contribution >= 0.6 is 31.9 Å². The van der Waals surface area contributed by atoms with Crippen molar-refractivity contribution in [2.45, 2.75) is 11.2 Å². The van der Waals surface area contributed by atoms with Crippen LogP contribution in [0, 0.1) is 5.82 Å². The first kappa shape index (κ1) is 13.1. The van der Waals surface area contributed by atoms with E-state index in [4.69, 9.17) is 4.74 Å². The zero-order valence-electron chi connectivity index (χ0n) is 10.00. The third-order valence-electron chi connectivity index (χ3n) is 3.24. The second-order valence-electron chi connectivity index (χ2n) is 4.50. The minimum Gasteiger partial charge on any atom is -0.493 e. The van der Waals surface area contributed by atoms with Gasteiger partial charge in [0.15, 0.2) is 0 Å². The first-order valence-corrected chi connectivity index (χ1v) is 7.70. The lowest BCUT2D eigenvalue weighted by molar-refractivity contribution is 0.357. The van der Waals surface area contributed by atoms with Crippen LogP contribution in [0.15, 0.2) is 40.9 Å². The van der Waals surface area contributed by atoms with E-state index < -0.39 is 0 Å². The van der Waals surface area contributed by atoms with Gasteiger partial charge in [0.1, 0.15) is 11.6 Å². The quantitative estimate of drug-likeness (QED) is 0.660. The number of hydrogen-bond acceptors (Lipinski definition) is 1. The number of rotatable bonds is 2. The van der Waals surface area contributed by atoms with Gasteiger partial charge in [-0.2, -0.15) is 0 Å². The Bertz CT molecular complexity index is 628. The molecule has 2 aromatic carbocycles. The monoisotopic (exact) mass is 384 g/mol. The van der Waals surface area contributed by atoms with Crippen LogP contribution in [0.2, 0.25) is 0 Å². The van der Waals surface area contributed by atoms with Crippen molar-refractivity contribution in [1.82, 2.24) is 0 Å². The molecule has 0 N–H and O–H groups in total. The second-order valence-corrected chi connectivity index (χ2v) is 6.27. The molecule has 0 fully saturated rings. The van der Waals surface area contributed by atoms with Gasteiger partial charge < -0.3 is 4.74 Å². The molecule has 1 aliphatic rings. The molecule has 2 aromatic rings. The van der Waals surface area contributed by atoms with Crippen LogP contribution < -0.4 is 4.74 Å². The van der Waals surface area contributed by atoms with Crippen LogP contribution in [-0.4, -0.2) is 6.61 Å². The predicted molar refractivity (Wildman–Crippen MR) is 80.5 cm³/mol. The van der Waals surface area contributed by atoms with Crippen LogP contribution in [0.4, 0.5) is 4.39 Å². The number of ether oxygens (including phenoxy) is 1. The summed E-state index contributed by atoms with van der Waals surface area (Å²) in [6, 6.07) is 11.3. The molecule has 1 heterocycles. The Balaban J connectivity index is 1.94. The van der Waals surface area contributed by atoms with Gasteiger partial charge in [-0.25, -0.2) is 4.39 Å². The average Bonchev–Trinajstić information content (AvgIpc) is 2.88. The summed E-state index contributed by atoms with van der Waals surface area (Å²) in [6.45, 7) is 0.758. The maximum Gasteiger partial charge on any atom is 0.137 e. The van der Waals surface area contributed by atoms with E-state index in [0.29, 0.717) is 4.47 Å². The van der Waals surface area contributed by atoms with E-state index in [9.17, 15) is 4.39 Å². The second kappa shape index (κ2) is 5.25. The lowest BCUT2D eigenvalue weighted by Crippen LogP contribution is -1.94. The fourth-order valence-corrected chi connectivity index (χ4v) is 3.19. The van der Waals surface area contributed by atoms with Crippen molar-refractivity contribution in [1.29, 1.82) is 0 Å². The van der Waals surface area contributed by atoms with Gasteiger partial charge in [0.25, 0.3) is 0 Å². The molecule has 0 saturated heterocycles. The predicted octanol–water partition coefficient (Wildman–Crippen LogP) is 5.01. The Morgan fingerprint density at radius 1 is 1.11 bits per heavy atom. The van der Waals surface area contributed by atoms with Crippen molar-refractivity contribution in [3.05, 3.63) is 63.4 Å². The number of fused-ring (bicyclic) bond motifs is 1. The van der Waals surface area contributed by atoms with Crippen molar-refractivity contribution in [2.75, 3.05) is 6.61 Å². The molecule has 98 valence electrons. The lowest BCUT2D eigenvalue weighted by atomic mass is 10.0.